The van der Waals surface area contributed by atoms with Gasteiger partial charge in [0.1, 0.15) is 0 Å². The minimum Gasteiger partial charge on any atom is -0.326 e. The molecule has 1 aromatic carbocycles. The first-order valence-corrected chi connectivity index (χ1v) is 8.92. The molecule has 6 nitrogen and oxygen atoms in total. The molecule has 2 aromatic rings. The number of nitrogens with one attached hydrogen (secondary N) is 1. The van der Waals surface area contributed by atoms with Crippen LogP contribution in [0.4, 0.5) is 5.69 Å². The van der Waals surface area contributed by atoms with E-state index in [4.69, 9.17) is 0 Å². The summed E-state index contributed by atoms with van der Waals surface area (Å²) in [7, 11) is 0. The van der Waals surface area contributed by atoms with E-state index in [1.165, 1.54) is 0 Å². The molecular formula is C19H27N5O. The second kappa shape index (κ2) is 7.35. The smallest absolute Gasteiger partial charge is 0.228 e. The van der Waals surface area contributed by atoms with Crippen LogP contribution in [-0.4, -0.2) is 38.9 Å². The third-order valence-electron chi connectivity index (χ3n) is 4.53. The summed E-state index contributed by atoms with van der Waals surface area (Å²) >= 11 is 0. The van der Waals surface area contributed by atoms with Crippen molar-refractivity contribution in [1.82, 2.24) is 19.9 Å². The van der Waals surface area contributed by atoms with Crippen LogP contribution in [0.1, 0.15) is 39.3 Å². The van der Waals surface area contributed by atoms with Gasteiger partial charge < -0.3 is 5.32 Å². The molecule has 1 unspecified atom stereocenters. The zero-order chi connectivity index (χ0) is 17.9. The Morgan fingerprint density at radius 1 is 1.28 bits per heavy atom. The van der Waals surface area contributed by atoms with Gasteiger partial charge in [-0.25, -0.2) is 4.68 Å². The Morgan fingerprint density at radius 3 is 2.72 bits per heavy atom. The van der Waals surface area contributed by atoms with E-state index in [-0.39, 0.29) is 17.4 Å². The number of rotatable bonds is 4. The molecule has 1 aliphatic heterocycles. The van der Waals surface area contributed by atoms with Crippen LogP contribution >= 0.6 is 0 Å². The Morgan fingerprint density at radius 2 is 2.04 bits per heavy atom. The van der Waals surface area contributed by atoms with Gasteiger partial charge in [-0.1, -0.05) is 23.4 Å². The van der Waals surface area contributed by atoms with Gasteiger partial charge in [0, 0.05) is 18.8 Å². The molecule has 134 valence electrons. The summed E-state index contributed by atoms with van der Waals surface area (Å²) in [5, 5.41) is 11.5. The molecule has 1 aliphatic rings. The molecule has 0 bridgehead atoms. The van der Waals surface area contributed by atoms with E-state index >= 15 is 0 Å². The van der Waals surface area contributed by atoms with Crippen LogP contribution in [0.15, 0.2) is 36.5 Å². The molecule has 0 saturated carbocycles. The molecule has 1 aromatic heterocycles. The molecule has 3 rings (SSSR count). The molecule has 6 heteroatoms. The molecule has 1 atom stereocenters. The van der Waals surface area contributed by atoms with Crippen molar-refractivity contribution in [2.24, 2.45) is 5.92 Å². The Kier molecular flexibility index (Phi) is 5.18. The molecule has 0 aliphatic carbocycles. The molecule has 1 N–H and O–H groups in total. The first-order chi connectivity index (χ1) is 11.9. The van der Waals surface area contributed by atoms with Crippen molar-refractivity contribution in [3.05, 3.63) is 42.2 Å². The van der Waals surface area contributed by atoms with Gasteiger partial charge >= 0.3 is 0 Å². The fourth-order valence-corrected chi connectivity index (χ4v) is 3.11. The Hall–Kier alpha value is -2.21. The maximum absolute atomic E-state index is 12.5. The summed E-state index contributed by atoms with van der Waals surface area (Å²) < 4.78 is 1.89. The lowest BCUT2D eigenvalue weighted by Gasteiger charge is -2.31. The number of anilines is 1. The lowest BCUT2D eigenvalue weighted by atomic mass is 9.97. The Balaban J connectivity index is 1.57. The van der Waals surface area contributed by atoms with Gasteiger partial charge in [0.15, 0.2) is 0 Å². The van der Waals surface area contributed by atoms with Crippen molar-refractivity contribution in [1.29, 1.82) is 0 Å². The monoisotopic (exact) mass is 341 g/mol. The van der Waals surface area contributed by atoms with Gasteiger partial charge in [0.2, 0.25) is 5.91 Å². The van der Waals surface area contributed by atoms with Crippen LogP contribution in [0.2, 0.25) is 0 Å². The van der Waals surface area contributed by atoms with E-state index < -0.39 is 0 Å². The third kappa shape index (κ3) is 4.66. The number of piperidine rings is 1. The normalized spacial score (nSPS) is 18.9. The number of nitrogens with zero attached hydrogens (tertiary/aromatic N) is 4. The average molecular weight is 341 g/mol. The number of para-hydroxylation sites is 1. The summed E-state index contributed by atoms with van der Waals surface area (Å²) in [5.74, 6) is 0.126. The first kappa shape index (κ1) is 17.6. The second-order valence-electron chi connectivity index (χ2n) is 7.75. The number of hydrogen-bond acceptors (Lipinski definition) is 4. The number of aromatic nitrogens is 3. The van der Waals surface area contributed by atoms with Crippen LogP contribution in [0.25, 0.3) is 0 Å². The van der Waals surface area contributed by atoms with Crippen molar-refractivity contribution < 1.29 is 4.79 Å². The van der Waals surface area contributed by atoms with Crippen LogP contribution in [0.5, 0.6) is 0 Å². The van der Waals surface area contributed by atoms with Crippen LogP contribution < -0.4 is 5.32 Å². The van der Waals surface area contributed by atoms with Crippen LogP contribution in [0.3, 0.4) is 0 Å². The molecule has 1 amide bonds. The van der Waals surface area contributed by atoms with Crippen molar-refractivity contribution in [2.75, 3.05) is 18.4 Å². The highest BCUT2D eigenvalue weighted by molar-refractivity contribution is 5.92. The van der Waals surface area contributed by atoms with Gasteiger partial charge in [-0.3, -0.25) is 9.69 Å². The van der Waals surface area contributed by atoms with Gasteiger partial charge in [-0.15, -0.1) is 5.10 Å². The minimum absolute atomic E-state index is 0.0200. The fourth-order valence-electron chi connectivity index (χ4n) is 3.11. The van der Waals surface area contributed by atoms with Crippen LogP contribution in [0, 0.1) is 5.92 Å². The maximum atomic E-state index is 12.5. The number of hydrogen-bond donors (Lipinski definition) is 1. The SMILES string of the molecule is CC(C)(C)n1cc(CN2CCCC(C(=O)Nc3ccccc3)C2)nn1. The summed E-state index contributed by atoms with van der Waals surface area (Å²) in [6.45, 7) is 8.83. The maximum Gasteiger partial charge on any atom is 0.228 e. The van der Waals surface area contributed by atoms with E-state index in [1.807, 2.05) is 41.2 Å². The number of carbonyl (C=O) groups excluding carboxylic acids is 1. The third-order valence-corrected chi connectivity index (χ3v) is 4.53. The Labute approximate surface area is 149 Å². The highest BCUT2D eigenvalue weighted by Crippen LogP contribution is 2.20. The predicted molar refractivity (Wildman–Crippen MR) is 98.1 cm³/mol. The van der Waals surface area contributed by atoms with Gasteiger partial charge in [-0.05, 0) is 52.3 Å². The number of benzene rings is 1. The van der Waals surface area contributed by atoms with Crippen molar-refractivity contribution in [3.63, 3.8) is 0 Å². The Bertz CT molecular complexity index is 704. The quantitative estimate of drug-likeness (QED) is 0.929. The number of likely N-dealkylation sites (tertiary alicyclic amines) is 1. The summed E-state index contributed by atoms with van der Waals surface area (Å²) in [6.07, 6.45) is 3.97. The predicted octanol–water partition coefficient (Wildman–Crippen LogP) is 2.88. The summed E-state index contributed by atoms with van der Waals surface area (Å²) in [4.78, 5) is 14.8. The number of carbonyl (C=O) groups is 1. The number of amides is 1. The average Bonchev–Trinajstić information content (AvgIpc) is 3.05. The topological polar surface area (TPSA) is 63.1 Å². The van der Waals surface area contributed by atoms with Crippen LogP contribution in [-0.2, 0) is 16.9 Å². The lowest BCUT2D eigenvalue weighted by molar-refractivity contribution is -0.121. The molecule has 0 spiro atoms. The second-order valence-corrected chi connectivity index (χ2v) is 7.75. The zero-order valence-corrected chi connectivity index (χ0v) is 15.3. The molecular weight excluding hydrogens is 314 g/mol. The molecule has 0 radical (unpaired) electrons. The van der Waals surface area contributed by atoms with E-state index in [0.717, 1.165) is 43.9 Å². The first-order valence-electron chi connectivity index (χ1n) is 8.92. The molecule has 1 fully saturated rings. The summed E-state index contributed by atoms with van der Waals surface area (Å²) in [6, 6.07) is 9.65. The van der Waals surface area contributed by atoms with Crippen molar-refractivity contribution in [2.45, 2.75) is 45.7 Å². The van der Waals surface area contributed by atoms with Crippen molar-refractivity contribution >= 4 is 11.6 Å². The van der Waals surface area contributed by atoms with Crippen molar-refractivity contribution in [3.8, 4) is 0 Å². The fraction of sp³-hybridized carbons (Fsp3) is 0.526. The molecule has 25 heavy (non-hydrogen) atoms. The zero-order valence-electron chi connectivity index (χ0n) is 15.3. The van der Waals surface area contributed by atoms with Gasteiger partial charge in [-0.2, -0.15) is 0 Å². The lowest BCUT2D eigenvalue weighted by Crippen LogP contribution is -2.40. The molecule has 2 heterocycles. The highest BCUT2D eigenvalue weighted by Gasteiger charge is 2.26. The van der Waals surface area contributed by atoms with E-state index in [1.54, 1.807) is 0 Å². The standard InChI is InChI=1S/C19H27N5O/c1-19(2,3)24-14-17(21-22-24)13-23-11-7-8-15(12-23)18(25)20-16-9-5-4-6-10-16/h4-6,9-10,14-15H,7-8,11-13H2,1-3H3,(H,20,25). The highest BCUT2D eigenvalue weighted by atomic mass is 16.1. The van der Waals surface area contributed by atoms with E-state index in [2.05, 4.69) is 41.3 Å². The van der Waals surface area contributed by atoms with E-state index in [9.17, 15) is 4.79 Å². The van der Waals surface area contributed by atoms with E-state index in [0.29, 0.717) is 0 Å². The summed E-state index contributed by atoms with van der Waals surface area (Å²) in [5.41, 5.74) is 1.75. The van der Waals surface area contributed by atoms with Gasteiger partial charge in [0.05, 0.1) is 23.3 Å². The minimum atomic E-state index is -0.0642. The largest absolute Gasteiger partial charge is 0.326 e. The molecule has 1 saturated heterocycles. The van der Waals surface area contributed by atoms with Gasteiger partial charge in [0.25, 0.3) is 0 Å².